The van der Waals surface area contributed by atoms with E-state index >= 15 is 0 Å². The second-order valence-corrected chi connectivity index (χ2v) is 6.04. The summed E-state index contributed by atoms with van der Waals surface area (Å²) in [5.74, 6) is 0. The van der Waals surface area contributed by atoms with Crippen LogP contribution >= 0.6 is 11.3 Å². The Balaban J connectivity index is 2.11. The van der Waals surface area contributed by atoms with Gasteiger partial charge < -0.3 is 0 Å². The quantitative estimate of drug-likeness (QED) is 0.531. The zero-order chi connectivity index (χ0) is 12.3. The lowest BCUT2D eigenvalue weighted by Gasteiger charge is -2.02. The Morgan fingerprint density at radius 3 is 2.83 bits per heavy atom. The van der Waals surface area contributed by atoms with Crippen LogP contribution in [0, 0.1) is 6.92 Å². The molecule has 18 heavy (non-hydrogen) atoms. The normalized spacial score (nSPS) is 16.9. The summed E-state index contributed by atoms with van der Waals surface area (Å²) in [6.07, 6.45) is 0. The van der Waals surface area contributed by atoms with Crippen LogP contribution in [-0.2, 0) is 0 Å². The summed E-state index contributed by atoms with van der Waals surface area (Å²) in [6.45, 7) is 4.47. The van der Waals surface area contributed by atoms with Gasteiger partial charge in [0.2, 0.25) is 5.52 Å². The highest BCUT2D eigenvalue weighted by Crippen LogP contribution is 2.40. The van der Waals surface area contributed by atoms with E-state index in [0.717, 1.165) is 0 Å². The highest BCUT2D eigenvalue weighted by atomic mass is 32.1. The van der Waals surface area contributed by atoms with Crippen LogP contribution in [0.2, 0.25) is 0 Å². The zero-order valence-electron chi connectivity index (χ0n) is 10.5. The predicted octanol–water partition coefficient (Wildman–Crippen LogP) is 4.09. The lowest BCUT2D eigenvalue weighted by molar-refractivity contribution is -0.665. The molecule has 2 aromatic carbocycles. The first-order chi connectivity index (χ1) is 8.75. The van der Waals surface area contributed by atoms with Crippen molar-refractivity contribution in [2.45, 2.75) is 19.9 Å². The van der Waals surface area contributed by atoms with E-state index in [9.17, 15) is 0 Å². The summed E-state index contributed by atoms with van der Waals surface area (Å²) in [7, 11) is 0. The minimum Gasteiger partial charge on any atom is -0.175 e. The van der Waals surface area contributed by atoms with E-state index in [2.05, 4.69) is 60.9 Å². The first-order valence-electron chi connectivity index (χ1n) is 6.30. The van der Waals surface area contributed by atoms with Gasteiger partial charge in [0.05, 0.1) is 5.56 Å². The first kappa shape index (κ1) is 10.3. The molecule has 88 valence electrons. The second kappa shape index (κ2) is 3.42. The Morgan fingerprint density at radius 1 is 1.11 bits per heavy atom. The minimum absolute atomic E-state index is 0.450. The van der Waals surface area contributed by atoms with Gasteiger partial charge in [0.15, 0.2) is 6.04 Å². The molecule has 3 aromatic rings. The van der Waals surface area contributed by atoms with Crippen molar-refractivity contribution in [3.05, 3.63) is 53.6 Å². The highest BCUT2D eigenvalue weighted by molar-refractivity contribution is 7.21. The van der Waals surface area contributed by atoms with Crippen LogP contribution in [0.4, 0.5) is 0 Å². The second-order valence-electron chi connectivity index (χ2n) is 5.01. The SMILES string of the molecule is Cc1ccc2c(c1)[C@@H](C)[n+]1c-2sc2ccccc21. The van der Waals surface area contributed by atoms with Gasteiger partial charge in [-0.25, -0.2) is 0 Å². The molecule has 2 heterocycles. The number of benzene rings is 2. The summed E-state index contributed by atoms with van der Waals surface area (Å²) in [6, 6.07) is 16.0. The van der Waals surface area contributed by atoms with Crippen LogP contribution in [-0.4, -0.2) is 0 Å². The molecule has 0 radical (unpaired) electrons. The molecule has 1 aliphatic heterocycles. The van der Waals surface area contributed by atoms with Crippen molar-refractivity contribution in [1.29, 1.82) is 0 Å². The summed E-state index contributed by atoms with van der Waals surface area (Å²) in [5.41, 5.74) is 5.58. The zero-order valence-corrected chi connectivity index (χ0v) is 11.3. The molecule has 2 heteroatoms. The molecule has 0 spiro atoms. The number of hydrogen-bond donors (Lipinski definition) is 0. The van der Waals surface area contributed by atoms with Gasteiger partial charge >= 0.3 is 0 Å². The van der Waals surface area contributed by atoms with Gasteiger partial charge in [0, 0.05) is 18.6 Å². The van der Waals surface area contributed by atoms with Crippen molar-refractivity contribution in [3.63, 3.8) is 0 Å². The Bertz CT molecular complexity index is 770. The van der Waals surface area contributed by atoms with Gasteiger partial charge in [0.25, 0.3) is 5.01 Å². The molecule has 0 saturated heterocycles. The minimum atomic E-state index is 0.450. The Kier molecular flexibility index (Phi) is 1.95. The molecule has 1 aromatic heterocycles. The average molecular weight is 252 g/mol. The van der Waals surface area contributed by atoms with Gasteiger partial charge in [-0.3, -0.25) is 0 Å². The van der Waals surface area contributed by atoms with Crippen molar-refractivity contribution in [2.24, 2.45) is 0 Å². The van der Waals surface area contributed by atoms with Gasteiger partial charge in [0.1, 0.15) is 4.70 Å². The fourth-order valence-electron chi connectivity index (χ4n) is 2.94. The number of nitrogens with zero attached hydrogens (tertiary/aromatic N) is 1. The number of para-hydroxylation sites is 1. The van der Waals surface area contributed by atoms with E-state index in [1.54, 1.807) is 0 Å². The highest BCUT2D eigenvalue weighted by Gasteiger charge is 2.37. The maximum atomic E-state index is 2.48. The number of rotatable bonds is 0. The molecular weight excluding hydrogens is 238 g/mol. The van der Waals surface area contributed by atoms with E-state index < -0.39 is 0 Å². The van der Waals surface area contributed by atoms with Gasteiger partial charge in [-0.2, -0.15) is 4.57 Å². The number of hydrogen-bond acceptors (Lipinski definition) is 1. The monoisotopic (exact) mass is 252 g/mol. The van der Waals surface area contributed by atoms with Crippen LogP contribution in [0.1, 0.15) is 24.1 Å². The lowest BCUT2D eigenvalue weighted by Crippen LogP contribution is -2.34. The van der Waals surface area contributed by atoms with Crippen molar-refractivity contribution in [3.8, 4) is 10.6 Å². The summed E-state index contributed by atoms with van der Waals surface area (Å²) in [5, 5.41) is 1.40. The van der Waals surface area contributed by atoms with Crippen molar-refractivity contribution < 1.29 is 4.57 Å². The molecule has 0 fully saturated rings. The molecule has 0 unspecified atom stereocenters. The van der Waals surface area contributed by atoms with Crippen LogP contribution < -0.4 is 4.57 Å². The third kappa shape index (κ3) is 1.19. The molecule has 0 saturated carbocycles. The number of aryl methyl sites for hydroxylation is 1. The molecule has 4 rings (SSSR count). The predicted molar refractivity (Wildman–Crippen MR) is 76.0 cm³/mol. The summed E-state index contributed by atoms with van der Waals surface area (Å²) in [4.78, 5) is 0. The number of aromatic nitrogens is 1. The molecule has 0 bridgehead atoms. The van der Waals surface area contributed by atoms with E-state index in [-0.39, 0.29) is 0 Å². The lowest BCUT2D eigenvalue weighted by atomic mass is 10.0. The summed E-state index contributed by atoms with van der Waals surface area (Å²) >= 11 is 1.90. The molecule has 0 N–H and O–H groups in total. The standard InChI is InChI=1S/C16H14NS/c1-10-7-8-12-13(9-10)11(2)17-14-5-3-4-6-15(14)18-16(12)17/h3-9,11H,1-2H3/q+1/t11-/m1/s1. The van der Waals surface area contributed by atoms with Gasteiger partial charge in [-0.1, -0.05) is 35.1 Å². The maximum absolute atomic E-state index is 2.48. The Morgan fingerprint density at radius 2 is 1.94 bits per heavy atom. The van der Waals surface area contributed by atoms with Crippen LogP contribution in [0.3, 0.4) is 0 Å². The van der Waals surface area contributed by atoms with Crippen molar-refractivity contribution in [1.82, 2.24) is 0 Å². The topological polar surface area (TPSA) is 3.88 Å². The Labute approximate surface area is 110 Å². The van der Waals surface area contributed by atoms with Crippen molar-refractivity contribution >= 4 is 21.6 Å². The average Bonchev–Trinajstić information content (AvgIpc) is 2.87. The molecular formula is C16H14NS+. The molecule has 0 amide bonds. The van der Waals surface area contributed by atoms with Crippen LogP contribution in [0.5, 0.6) is 0 Å². The van der Waals surface area contributed by atoms with E-state index in [0.29, 0.717) is 6.04 Å². The third-order valence-corrected chi connectivity index (χ3v) is 5.00. The van der Waals surface area contributed by atoms with Gasteiger partial charge in [-0.05, 0) is 25.1 Å². The van der Waals surface area contributed by atoms with Crippen LogP contribution in [0.15, 0.2) is 42.5 Å². The van der Waals surface area contributed by atoms with Gasteiger partial charge in [-0.15, -0.1) is 0 Å². The molecule has 0 aliphatic carbocycles. The Hall–Kier alpha value is -1.67. The van der Waals surface area contributed by atoms with E-state index in [4.69, 9.17) is 0 Å². The van der Waals surface area contributed by atoms with Crippen molar-refractivity contribution in [2.75, 3.05) is 0 Å². The third-order valence-electron chi connectivity index (χ3n) is 3.83. The van der Waals surface area contributed by atoms with E-state index in [1.807, 2.05) is 11.3 Å². The fraction of sp³-hybridized carbons (Fsp3) is 0.188. The summed E-state index contributed by atoms with van der Waals surface area (Å²) < 4.78 is 3.86. The number of thiazole rings is 1. The number of fused-ring (bicyclic) bond motifs is 5. The first-order valence-corrected chi connectivity index (χ1v) is 7.11. The fourth-order valence-corrected chi connectivity index (χ4v) is 4.21. The molecule has 1 nitrogen and oxygen atoms in total. The molecule has 1 aliphatic rings. The van der Waals surface area contributed by atoms with E-state index in [1.165, 1.54) is 31.9 Å². The smallest absolute Gasteiger partial charge is 0.175 e. The van der Waals surface area contributed by atoms with Crippen LogP contribution in [0.25, 0.3) is 20.8 Å². The largest absolute Gasteiger partial charge is 0.271 e. The maximum Gasteiger partial charge on any atom is 0.271 e. The molecule has 1 atom stereocenters.